The Balaban J connectivity index is 2.20. The molecule has 284 valence electrons. The number of esters is 1. The molecule has 17 unspecified atom stereocenters. The van der Waals surface area contributed by atoms with Crippen LogP contribution in [0.15, 0.2) is 5.18 Å². The Kier molecular flexibility index (Phi) is 14.0. The zero-order valence-electron chi connectivity index (χ0n) is 31.0. The Labute approximate surface area is 290 Å². The smallest absolute Gasteiger partial charge is 0.311 e. The molecule has 3 heterocycles. The van der Waals surface area contributed by atoms with Crippen LogP contribution in [0, 0.1) is 28.6 Å². The third-order valence-electron chi connectivity index (χ3n) is 11.2. The number of hydrogen-bond donors (Lipinski definition) is 4. The van der Waals surface area contributed by atoms with Crippen molar-refractivity contribution >= 4 is 11.8 Å². The highest BCUT2D eigenvalue weighted by Gasteiger charge is 2.53. The van der Waals surface area contributed by atoms with Crippen LogP contribution in [0.2, 0.25) is 0 Å². The Bertz CT molecular complexity index is 1130. The zero-order valence-corrected chi connectivity index (χ0v) is 31.0. The van der Waals surface area contributed by atoms with Gasteiger partial charge in [0.05, 0.1) is 47.6 Å². The van der Waals surface area contributed by atoms with E-state index < -0.39 is 102 Å². The van der Waals surface area contributed by atoms with Crippen molar-refractivity contribution in [2.24, 2.45) is 28.8 Å². The Hall–Kier alpha value is -1.62. The number of Topliss-reactive ketones (excluding diaryl/α,β-unsaturated/α-hetero) is 1. The van der Waals surface area contributed by atoms with Crippen LogP contribution in [0.25, 0.3) is 0 Å². The molecular formula is C35H61NO13. The topological polar surface area (TPSA) is 200 Å². The molecule has 49 heavy (non-hydrogen) atoms. The lowest BCUT2D eigenvalue weighted by Gasteiger charge is -2.48. The van der Waals surface area contributed by atoms with E-state index in [1.807, 2.05) is 6.92 Å². The first kappa shape index (κ1) is 41.8. The molecule has 0 aliphatic carbocycles. The van der Waals surface area contributed by atoms with Gasteiger partial charge in [-0.1, -0.05) is 32.9 Å². The predicted octanol–water partition coefficient (Wildman–Crippen LogP) is 3.02. The molecule has 3 rings (SSSR count). The molecule has 14 heteroatoms. The van der Waals surface area contributed by atoms with Crippen molar-refractivity contribution in [2.45, 2.75) is 179 Å². The van der Waals surface area contributed by atoms with Crippen LogP contribution in [0.3, 0.4) is 0 Å². The maximum Gasteiger partial charge on any atom is 0.311 e. The summed E-state index contributed by atoms with van der Waals surface area (Å²) in [5.41, 5.74) is -4.83. The van der Waals surface area contributed by atoms with Crippen LogP contribution in [0.4, 0.5) is 0 Å². The van der Waals surface area contributed by atoms with Crippen molar-refractivity contribution in [3.63, 3.8) is 0 Å². The number of carbonyl (C=O) groups excluding carboxylic acids is 2. The largest absolute Gasteiger partial charge is 0.459 e. The number of aliphatic hydroxyl groups is 4. The van der Waals surface area contributed by atoms with Gasteiger partial charge in [-0.2, -0.15) is 4.91 Å². The van der Waals surface area contributed by atoms with Gasteiger partial charge in [0.15, 0.2) is 12.6 Å². The van der Waals surface area contributed by atoms with E-state index in [1.165, 1.54) is 27.9 Å². The summed E-state index contributed by atoms with van der Waals surface area (Å²) in [6, 6.07) is -0.833. The van der Waals surface area contributed by atoms with E-state index in [2.05, 4.69) is 5.18 Å². The number of cyclic esters (lactones) is 1. The summed E-state index contributed by atoms with van der Waals surface area (Å²) in [5.74, 6) is -4.66. The monoisotopic (exact) mass is 703 g/mol. The Morgan fingerprint density at radius 2 is 1.53 bits per heavy atom. The summed E-state index contributed by atoms with van der Waals surface area (Å²) in [4.78, 5) is 39.8. The average Bonchev–Trinajstić information content (AvgIpc) is 3.04. The number of carbonyl (C=O) groups is 2. The second kappa shape index (κ2) is 16.4. The lowest BCUT2D eigenvalue weighted by atomic mass is 9.74. The number of aliphatic hydroxyl groups excluding tert-OH is 2. The lowest BCUT2D eigenvalue weighted by molar-refractivity contribution is -0.306. The van der Waals surface area contributed by atoms with Crippen molar-refractivity contribution in [2.75, 3.05) is 7.11 Å². The second-order valence-corrected chi connectivity index (χ2v) is 15.5. The van der Waals surface area contributed by atoms with Crippen molar-refractivity contribution in [1.29, 1.82) is 0 Å². The van der Waals surface area contributed by atoms with E-state index in [-0.39, 0.29) is 31.1 Å². The minimum absolute atomic E-state index is 0.0820. The van der Waals surface area contributed by atoms with Crippen LogP contribution in [-0.4, -0.2) is 117 Å². The Morgan fingerprint density at radius 3 is 2.08 bits per heavy atom. The fourth-order valence-electron chi connectivity index (χ4n) is 7.90. The maximum absolute atomic E-state index is 14.0. The maximum atomic E-state index is 14.0. The molecule has 0 bridgehead atoms. The van der Waals surface area contributed by atoms with Gasteiger partial charge >= 0.3 is 5.97 Å². The first-order chi connectivity index (χ1) is 22.6. The highest BCUT2D eigenvalue weighted by atomic mass is 16.7. The highest BCUT2D eigenvalue weighted by Crippen LogP contribution is 2.41. The van der Waals surface area contributed by atoms with Gasteiger partial charge in [-0.05, 0) is 67.2 Å². The molecule has 3 fully saturated rings. The average molecular weight is 704 g/mol. The second-order valence-electron chi connectivity index (χ2n) is 15.5. The van der Waals surface area contributed by atoms with Gasteiger partial charge in [-0.25, -0.2) is 0 Å². The summed E-state index contributed by atoms with van der Waals surface area (Å²) in [5, 5.41) is 47.7. The number of nitroso groups, excluding NO2 is 1. The van der Waals surface area contributed by atoms with E-state index in [4.69, 9.17) is 28.4 Å². The first-order valence-electron chi connectivity index (χ1n) is 17.7. The number of methoxy groups -OCH3 is 1. The molecular weight excluding hydrogens is 642 g/mol. The van der Waals surface area contributed by atoms with Gasteiger partial charge in [0.2, 0.25) is 0 Å². The summed E-state index contributed by atoms with van der Waals surface area (Å²) in [7, 11) is 1.47. The molecule has 0 amide bonds. The van der Waals surface area contributed by atoms with Crippen molar-refractivity contribution in [1.82, 2.24) is 0 Å². The highest BCUT2D eigenvalue weighted by molar-refractivity contribution is 5.83. The SMILES string of the molecule is CCC1OC(=O)C(C)C(OC2CC(C)(O)C(O)C(C)O2)C(C)C(OC2OC(C)CCC2N=O)C(C)(OC)CC(C)C(=O)C(C)C(O)C1(C)O. The molecule has 3 aliphatic rings. The fourth-order valence-corrected chi connectivity index (χ4v) is 7.90. The van der Waals surface area contributed by atoms with Crippen LogP contribution >= 0.6 is 0 Å². The van der Waals surface area contributed by atoms with E-state index in [1.54, 1.807) is 41.5 Å². The molecule has 0 aromatic heterocycles. The third kappa shape index (κ3) is 9.07. The van der Waals surface area contributed by atoms with E-state index in [0.29, 0.717) is 12.8 Å². The van der Waals surface area contributed by atoms with Crippen LogP contribution in [0.5, 0.6) is 0 Å². The molecule has 0 saturated carbocycles. The van der Waals surface area contributed by atoms with Crippen molar-refractivity contribution in [3.8, 4) is 0 Å². The van der Waals surface area contributed by atoms with Gasteiger partial charge in [0, 0.05) is 31.3 Å². The Morgan fingerprint density at radius 1 is 0.898 bits per heavy atom. The number of rotatable bonds is 7. The standard InChI is InChI=1S/C35H61NO13/c1-12-24-35(10,42)28(38)19(4)26(37)17(2)15-34(9,44-11)30(49-32-23(36-43)14-13-18(3)45-32)20(5)27(21(6)31(40)47-24)48-25-16-33(8,41)29(39)22(7)46-25/h17-25,27-30,32,38-39,41-42H,12-16H2,1-11H3. The molecule has 0 aromatic carbocycles. The summed E-state index contributed by atoms with van der Waals surface area (Å²) >= 11 is 0. The minimum Gasteiger partial charge on any atom is -0.459 e. The lowest BCUT2D eigenvalue weighted by Crippen LogP contribution is -2.60. The van der Waals surface area contributed by atoms with E-state index in [0.717, 1.165) is 0 Å². The molecule has 0 radical (unpaired) electrons. The first-order valence-corrected chi connectivity index (χ1v) is 17.7. The molecule has 3 aliphatic heterocycles. The van der Waals surface area contributed by atoms with Gasteiger partial charge < -0.3 is 48.8 Å². The van der Waals surface area contributed by atoms with Crippen LogP contribution in [-0.2, 0) is 38.0 Å². The molecule has 0 spiro atoms. The van der Waals surface area contributed by atoms with Gasteiger partial charge in [0.25, 0.3) is 0 Å². The molecule has 0 aromatic rings. The van der Waals surface area contributed by atoms with Gasteiger partial charge in [-0.15, -0.1) is 0 Å². The van der Waals surface area contributed by atoms with Crippen molar-refractivity contribution in [3.05, 3.63) is 4.91 Å². The summed E-state index contributed by atoms with van der Waals surface area (Å²) < 4.78 is 37.3. The van der Waals surface area contributed by atoms with Crippen molar-refractivity contribution < 1.29 is 58.4 Å². The normalized spacial score (nSPS) is 49.5. The number of nitrogens with zero attached hydrogens (tertiary/aromatic N) is 1. The number of ketones is 1. The summed E-state index contributed by atoms with van der Waals surface area (Å²) in [6.45, 7) is 16.3. The van der Waals surface area contributed by atoms with Crippen LogP contribution < -0.4 is 0 Å². The quantitative estimate of drug-likeness (QED) is 0.223. The molecule has 17 atom stereocenters. The predicted molar refractivity (Wildman–Crippen MR) is 177 cm³/mol. The summed E-state index contributed by atoms with van der Waals surface area (Å²) in [6.07, 6.45) is -8.09. The number of ether oxygens (including phenoxy) is 6. The van der Waals surface area contributed by atoms with Crippen LogP contribution in [0.1, 0.15) is 101 Å². The number of hydrogen-bond acceptors (Lipinski definition) is 14. The zero-order chi connectivity index (χ0) is 37.2. The van der Waals surface area contributed by atoms with Gasteiger partial charge in [-0.3, -0.25) is 9.59 Å². The molecule has 3 saturated heterocycles. The fraction of sp³-hybridized carbons (Fsp3) is 0.943. The molecule has 4 N–H and O–H groups in total. The van der Waals surface area contributed by atoms with E-state index in [9.17, 15) is 34.9 Å². The third-order valence-corrected chi connectivity index (χ3v) is 11.2. The van der Waals surface area contributed by atoms with E-state index >= 15 is 0 Å². The molecule has 14 nitrogen and oxygen atoms in total. The minimum atomic E-state index is -1.98. The van der Waals surface area contributed by atoms with Gasteiger partial charge in [0.1, 0.15) is 29.6 Å².